The fourth-order valence-corrected chi connectivity index (χ4v) is 2.93. The van der Waals surface area contributed by atoms with E-state index in [9.17, 15) is 5.11 Å². The summed E-state index contributed by atoms with van der Waals surface area (Å²) >= 11 is 5.99. The summed E-state index contributed by atoms with van der Waals surface area (Å²) in [6.45, 7) is 1.64. The van der Waals surface area contributed by atoms with Crippen molar-refractivity contribution >= 4 is 11.6 Å². The highest BCUT2D eigenvalue weighted by molar-refractivity contribution is 6.30. The molecule has 21 heavy (non-hydrogen) atoms. The normalized spacial score (nSPS) is 21.5. The van der Waals surface area contributed by atoms with Crippen LogP contribution in [-0.4, -0.2) is 34.7 Å². The molecule has 0 bridgehead atoms. The minimum atomic E-state index is -0.0976. The topological polar surface area (TPSA) is 49.5 Å². The van der Waals surface area contributed by atoms with Crippen LogP contribution in [-0.2, 0) is 6.54 Å². The van der Waals surface area contributed by atoms with Gasteiger partial charge in [0, 0.05) is 17.1 Å². The second-order valence-corrected chi connectivity index (χ2v) is 6.25. The zero-order valence-corrected chi connectivity index (χ0v) is 12.8. The average Bonchev–Trinajstić information content (AvgIpc) is 2.85. The van der Waals surface area contributed by atoms with Gasteiger partial charge in [0.25, 0.3) is 0 Å². The van der Waals surface area contributed by atoms with Gasteiger partial charge in [-0.1, -0.05) is 23.7 Å². The lowest BCUT2D eigenvalue weighted by Crippen LogP contribution is -2.36. The van der Waals surface area contributed by atoms with Crippen LogP contribution in [0.4, 0.5) is 0 Å². The van der Waals surface area contributed by atoms with Crippen molar-refractivity contribution in [2.24, 2.45) is 5.92 Å². The Kier molecular flexibility index (Phi) is 4.29. The summed E-state index contributed by atoms with van der Waals surface area (Å²) in [5, 5.41) is 10.00. The molecule has 0 saturated heterocycles. The van der Waals surface area contributed by atoms with Crippen molar-refractivity contribution in [1.29, 1.82) is 0 Å². The lowest BCUT2D eigenvalue weighted by atomic mass is 9.82. The van der Waals surface area contributed by atoms with Gasteiger partial charge in [-0.05, 0) is 37.9 Å². The highest BCUT2D eigenvalue weighted by Crippen LogP contribution is 2.28. The molecule has 0 spiro atoms. The Morgan fingerprint density at radius 2 is 2.24 bits per heavy atom. The molecular formula is C16H19ClN2O2. The maximum absolute atomic E-state index is 9.31. The van der Waals surface area contributed by atoms with E-state index in [0.29, 0.717) is 23.4 Å². The third kappa shape index (κ3) is 3.64. The zero-order valence-electron chi connectivity index (χ0n) is 12.0. The molecule has 2 aromatic rings. The first-order valence-corrected chi connectivity index (χ1v) is 7.55. The standard InChI is InChI=1S/C16H19ClN2O2/c1-19(9-11-5-14(20)6-11)10-16-18-8-15(21-16)12-3-2-4-13(17)7-12/h2-4,7-8,11,14,20H,5-6,9-10H2,1H3. The van der Waals surface area contributed by atoms with Crippen molar-refractivity contribution in [2.45, 2.75) is 25.5 Å². The number of hydrogen-bond acceptors (Lipinski definition) is 4. The average molecular weight is 307 g/mol. The van der Waals surface area contributed by atoms with Crippen LogP contribution in [0.1, 0.15) is 18.7 Å². The number of benzene rings is 1. The smallest absolute Gasteiger partial charge is 0.209 e. The lowest BCUT2D eigenvalue weighted by Gasteiger charge is -2.34. The first kappa shape index (κ1) is 14.6. The Bertz CT molecular complexity index is 608. The van der Waals surface area contributed by atoms with E-state index >= 15 is 0 Å². The van der Waals surface area contributed by atoms with Gasteiger partial charge in [0.1, 0.15) is 0 Å². The molecule has 0 amide bonds. The minimum Gasteiger partial charge on any atom is -0.439 e. The molecule has 1 N–H and O–H groups in total. The van der Waals surface area contributed by atoms with Crippen molar-refractivity contribution in [3.05, 3.63) is 41.4 Å². The highest BCUT2D eigenvalue weighted by Gasteiger charge is 2.28. The molecule has 1 aromatic heterocycles. The van der Waals surface area contributed by atoms with Crippen LogP contribution in [0.15, 0.2) is 34.9 Å². The molecule has 1 aliphatic rings. The molecule has 0 aliphatic heterocycles. The lowest BCUT2D eigenvalue weighted by molar-refractivity contribution is 0.0264. The highest BCUT2D eigenvalue weighted by atomic mass is 35.5. The molecule has 0 unspecified atom stereocenters. The second-order valence-electron chi connectivity index (χ2n) is 5.82. The molecular weight excluding hydrogens is 288 g/mol. The molecule has 0 atom stereocenters. The molecule has 1 saturated carbocycles. The number of halogens is 1. The van der Waals surface area contributed by atoms with Crippen molar-refractivity contribution in [3.8, 4) is 11.3 Å². The van der Waals surface area contributed by atoms with E-state index in [1.165, 1.54) is 0 Å². The van der Waals surface area contributed by atoms with Gasteiger partial charge >= 0.3 is 0 Å². The second kappa shape index (κ2) is 6.18. The fraction of sp³-hybridized carbons (Fsp3) is 0.438. The van der Waals surface area contributed by atoms with Gasteiger partial charge in [-0.3, -0.25) is 4.90 Å². The number of aliphatic hydroxyl groups is 1. The minimum absolute atomic E-state index is 0.0976. The zero-order chi connectivity index (χ0) is 14.8. The van der Waals surface area contributed by atoms with E-state index < -0.39 is 0 Å². The molecule has 1 aliphatic carbocycles. The number of hydrogen-bond donors (Lipinski definition) is 1. The molecule has 4 nitrogen and oxygen atoms in total. The van der Waals surface area contributed by atoms with Crippen LogP contribution in [0.5, 0.6) is 0 Å². The summed E-state index contributed by atoms with van der Waals surface area (Å²) in [6, 6.07) is 7.55. The van der Waals surface area contributed by atoms with Crippen molar-refractivity contribution < 1.29 is 9.52 Å². The molecule has 5 heteroatoms. The Hall–Kier alpha value is -1.36. The van der Waals surface area contributed by atoms with Gasteiger partial charge in [-0.2, -0.15) is 0 Å². The summed E-state index contributed by atoms with van der Waals surface area (Å²) in [5.41, 5.74) is 0.936. The van der Waals surface area contributed by atoms with Gasteiger partial charge in [-0.15, -0.1) is 0 Å². The maximum atomic E-state index is 9.31. The van der Waals surface area contributed by atoms with Crippen LogP contribution in [0.2, 0.25) is 5.02 Å². The monoisotopic (exact) mass is 306 g/mol. The Labute approximate surface area is 129 Å². The third-order valence-electron chi connectivity index (χ3n) is 3.85. The first-order valence-electron chi connectivity index (χ1n) is 7.17. The number of aromatic nitrogens is 1. The number of oxazole rings is 1. The Balaban J connectivity index is 1.60. The molecule has 1 heterocycles. The van der Waals surface area contributed by atoms with Crippen molar-refractivity contribution in [2.75, 3.05) is 13.6 Å². The molecule has 1 aromatic carbocycles. The summed E-state index contributed by atoms with van der Waals surface area (Å²) < 4.78 is 5.79. The largest absolute Gasteiger partial charge is 0.439 e. The number of aliphatic hydroxyl groups excluding tert-OH is 1. The van der Waals surface area contributed by atoms with Gasteiger partial charge in [0.2, 0.25) is 5.89 Å². The van der Waals surface area contributed by atoms with E-state index in [0.717, 1.165) is 30.7 Å². The fourth-order valence-electron chi connectivity index (χ4n) is 2.74. The van der Waals surface area contributed by atoms with Gasteiger partial charge in [-0.25, -0.2) is 4.98 Å². The van der Waals surface area contributed by atoms with E-state index in [1.807, 2.05) is 31.3 Å². The first-order chi connectivity index (χ1) is 10.1. The number of nitrogens with zero attached hydrogens (tertiary/aromatic N) is 2. The summed E-state index contributed by atoms with van der Waals surface area (Å²) in [6.07, 6.45) is 3.45. The van der Waals surface area contributed by atoms with E-state index in [1.54, 1.807) is 6.20 Å². The Morgan fingerprint density at radius 3 is 2.95 bits per heavy atom. The number of rotatable bonds is 5. The van der Waals surface area contributed by atoms with Crippen molar-refractivity contribution in [1.82, 2.24) is 9.88 Å². The summed E-state index contributed by atoms with van der Waals surface area (Å²) in [4.78, 5) is 6.51. The maximum Gasteiger partial charge on any atom is 0.209 e. The van der Waals surface area contributed by atoms with Crippen LogP contribution in [0.25, 0.3) is 11.3 Å². The van der Waals surface area contributed by atoms with Crippen LogP contribution < -0.4 is 0 Å². The Morgan fingerprint density at radius 1 is 1.43 bits per heavy atom. The third-order valence-corrected chi connectivity index (χ3v) is 4.08. The van der Waals surface area contributed by atoms with E-state index in [-0.39, 0.29) is 6.10 Å². The van der Waals surface area contributed by atoms with Crippen LogP contribution >= 0.6 is 11.6 Å². The van der Waals surface area contributed by atoms with E-state index in [2.05, 4.69) is 9.88 Å². The van der Waals surface area contributed by atoms with Crippen LogP contribution in [0, 0.1) is 5.92 Å². The van der Waals surface area contributed by atoms with Crippen LogP contribution in [0.3, 0.4) is 0 Å². The predicted molar refractivity (Wildman–Crippen MR) is 82.0 cm³/mol. The quantitative estimate of drug-likeness (QED) is 0.921. The summed E-state index contributed by atoms with van der Waals surface area (Å²) in [5.74, 6) is 2.03. The van der Waals surface area contributed by atoms with Gasteiger partial charge in [0.15, 0.2) is 5.76 Å². The molecule has 112 valence electrons. The molecule has 0 radical (unpaired) electrons. The molecule has 3 rings (SSSR count). The van der Waals surface area contributed by atoms with Gasteiger partial charge in [0.05, 0.1) is 18.8 Å². The SMILES string of the molecule is CN(Cc1ncc(-c2cccc(Cl)c2)o1)CC1CC(O)C1. The predicted octanol–water partition coefficient (Wildman–Crippen LogP) is 3.20. The van der Waals surface area contributed by atoms with Crippen molar-refractivity contribution in [3.63, 3.8) is 0 Å². The van der Waals surface area contributed by atoms with Gasteiger partial charge < -0.3 is 9.52 Å². The van der Waals surface area contributed by atoms with E-state index in [4.69, 9.17) is 16.0 Å². The molecule has 1 fully saturated rings. The summed E-state index contributed by atoms with van der Waals surface area (Å²) in [7, 11) is 2.05.